The molecule has 0 spiro atoms. The Morgan fingerprint density at radius 2 is 2.50 bits per heavy atom. The topological polar surface area (TPSA) is 18.5 Å². The Labute approximate surface area is 62.5 Å². The van der Waals surface area contributed by atoms with E-state index in [1.807, 2.05) is 0 Å². The van der Waals surface area contributed by atoms with Crippen molar-refractivity contribution in [1.82, 2.24) is 0 Å². The highest BCUT2D eigenvalue weighted by molar-refractivity contribution is 4.53. The van der Waals surface area contributed by atoms with Crippen molar-refractivity contribution in [2.24, 2.45) is 0 Å². The quantitative estimate of drug-likeness (QED) is 0.561. The molecule has 1 rings (SSSR count). The summed E-state index contributed by atoms with van der Waals surface area (Å²) in [6, 6.07) is 0. The summed E-state index contributed by atoms with van der Waals surface area (Å²) in [6.45, 7) is 3.91. The molecular weight excluding hydrogens is 128 g/mol. The monoisotopic (exact) mass is 144 g/mol. The maximum atomic E-state index is 5.42. The molecule has 0 radical (unpaired) electrons. The minimum Gasteiger partial charge on any atom is -0.353 e. The van der Waals surface area contributed by atoms with Crippen molar-refractivity contribution in [2.45, 2.75) is 38.9 Å². The zero-order chi connectivity index (χ0) is 7.23. The van der Waals surface area contributed by atoms with Gasteiger partial charge >= 0.3 is 0 Å². The Morgan fingerprint density at radius 3 is 3.10 bits per heavy atom. The summed E-state index contributed by atoms with van der Waals surface area (Å²) in [6.07, 6.45) is 4.72. The number of hydrogen-bond donors (Lipinski definition) is 0. The van der Waals surface area contributed by atoms with Crippen molar-refractivity contribution in [2.75, 3.05) is 13.2 Å². The third-order valence-electron chi connectivity index (χ3n) is 1.69. The van der Waals surface area contributed by atoms with Crippen molar-refractivity contribution < 1.29 is 9.47 Å². The van der Waals surface area contributed by atoms with Gasteiger partial charge in [0.25, 0.3) is 0 Å². The van der Waals surface area contributed by atoms with Crippen molar-refractivity contribution >= 4 is 0 Å². The number of rotatable bonds is 4. The predicted molar refractivity (Wildman–Crippen MR) is 39.8 cm³/mol. The molecule has 2 heteroatoms. The molecule has 1 heterocycles. The SMILES string of the molecule is CCCCOC1CCCO1. The highest BCUT2D eigenvalue weighted by Gasteiger charge is 2.14. The maximum Gasteiger partial charge on any atom is 0.157 e. The molecule has 1 atom stereocenters. The number of ether oxygens (including phenoxy) is 2. The van der Waals surface area contributed by atoms with E-state index < -0.39 is 0 Å². The summed E-state index contributed by atoms with van der Waals surface area (Å²) in [5.41, 5.74) is 0. The van der Waals surface area contributed by atoms with Crippen LogP contribution in [0.15, 0.2) is 0 Å². The summed E-state index contributed by atoms with van der Waals surface area (Å²) in [5, 5.41) is 0. The molecule has 0 aromatic rings. The van der Waals surface area contributed by atoms with Crippen LogP contribution >= 0.6 is 0 Å². The van der Waals surface area contributed by atoms with E-state index in [1.165, 1.54) is 6.42 Å². The van der Waals surface area contributed by atoms with Crippen LogP contribution in [0.25, 0.3) is 0 Å². The first-order valence-electron chi connectivity index (χ1n) is 4.16. The zero-order valence-corrected chi connectivity index (χ0v) is 6.64. The van der Waals surface area contributed by atoms with Crippen LogP contribution in [0.3, 0.4) is 0 Å². The van der Waals surface area contributed by atoms with E-state index in [0.717, 1.165) is 32.5 Å². The minimum atomic E-state index is 0.117. The molecule has 0 amide bonds. The van der Waals surface area contributed by atoms with Crippen LogP contribution in [0.5, 0.6) is 0 Å². The standard InChI is InChI=1S/C8H16O2/c1-2-3-6-9-8-5-4-7-10-8/h8H,2-7H2,1H3. The van der Waals surface area contributed by atoms with Gasteiger partial charge in [0, 0.05) is 19.6 Å². The Hall–Kier alpha value is -0.0800. The van der Waals surface area contributed by atoms with Crippen molar-refractivity contribution in [3.63, 3.8) is 0 Å². The van der Waals surface area contributed by atoms with Gasteiger partial charge < -0.3 is 9.47 Å². The fourth-order valence-corrected chi connectivity index (χ4v) is 1.04. The van der Waals surface area contributed by atoms with Crippen molar-refractivity contribution in [3.05, 3.63) is 0 Å². The van der Waals surface area contributed by atoms with Gasteiger partial charge in [-0.15, -0.1) is 0 Å². The largest absolute Gasteiger partial charge is 0.353 e. The van der Waals surface area contributed by atoms with Crippen LogP contribution in [0.4, 0.5) is 0 Å². The number of unbranched alkanes of at least 4 members (excludes halogenated alkanes) is 1. The lowest BCUT2D eigenvalue weighted by Gasteiger charge is -2.09. The second-order valence-electron chi connectivity index (χ2n) is 2.67. The average molecular weight is 144 g/mol. The van der Waals surface area contributed by atoms with E-state index in [9.17, 15) is 0 Å². The van der Waals surface area contributed by atoms with Gasteiger partial charge in [-0.1, -0.05) is 13.3 Å². The highest BCUT2D eigenvalue weighted by Crippen LogP contribution is 2.13. The first-order chi connectivity index (χ1) is 4.93. The average Bonchev–Trinajstić information content (AvgIpc) is 2.41. The molecule has 10 heavy (non-hydrogen) atoms. The second-order valence-corrected chi connectivity index (χ2v) is 2.67. The molecule has 0 saturated carbocycles. The molecular formula is C8H16O2. The molecule has 1 fully saturated rings. The van der Waals surface area contributed by atoms with Gasteiger partial charge in [0.1, 0.15) is 0 Å². The van der Waals surface area contributed by atoms with Gasteiger partial charge in [0.05, 0.1) is 0 Å². The van der Waals surface area contributed by atoms with Crippen molar-refractivity contribution in [3.8, 4) is 0 Å². The molecule has 1 unspecified atom stereocenters. The van der Waals surface area contributed by atoms with Crippen LogP contribution in [0.1, 0.15) is 32.6 Å². The van der Waals surface area contributed by atoms with Gasteiger partial charge in [0.2, 0.25) is 0 Å². The summed E-state index contributed by atoms with van der Waals surface area (Å²) in [5.74, 6) is 0. The van der Waals surface area contributed by atoms with E-state index in [1.54, 1.807) is 0 Å². The highest BCUT2D eigenvalue weighted by atomic mass is 16.7. The lowest BCUT2D eigenvalue weighted by molar-refractivity contribution is -0.111. The molecule has 0 N–H and O–H groups in total. The van der Waals surface area contributed by atoms with Crippen LogP contribution in [-0.4, -0.2) is 19.5 Å². The van der Waals surface area contributed by atoms with E-state index in [-0.39, 0.29) is 6.29 Å². The molecule has 0 aromatic heterocycles. The maximum absolute atomic E-state index is 5.42. The molecule has 2 nitrogen and oxygen atoms in total. The molecule has 1 saturated heterocycles. The van der Waals surface area contributed by atoms with E-state index in [0.29, 0.717) is 0 Å². The zero-order valence-electron chi connectivity index (χ0n) is 6.64. The van der Waals surface area contributed by atoms with Gasteiger partial charge in [-0.25, -0.2) is 0 Å². The molecule has 0 aromatic carbocycles. The molecule has 60 valence electrons. The van der Waals surface area contributed by atoms with E-state index in [4.69, 9.17) is 9.47 Å². The third-order valence-corrected chi connectivity index (χ3v) is 1.69. The van der Waals surface area contributed by atoms with Crippen LogP contribution in [0.2, 0.25) is 0 Å². The molecule has 0 aliphatic carbocycles. The summed E-state index contributed by atoms with van der Waals surface area (Å²) in [4.78, 5) is 0. The van der Waals surface area contributed by atoms with Gasteiger partial charge in [0.15, 0.2) is 6.29 Å². The van der Waals surface area contributed by atoms with E-state index in [2.05, 4.69) is 6.92 Å². The smallest absolute Gasteiger partial charge is 0.157 e. The molecule has 1 aliphatic heterocycles. The first-order valence-corrected chi connectivity index (χ1v) is 4.16. The van der Waals surface area contributed by atoms with Crippen molar-refractivity contribution in [1.29, 1.82) is 0 Å². The van der Waals surface area contributed by atoms with Gasteiger partial charge in [-0.3, -0.25) is 0 Å². The summed E-state index contributed by atoms with van der Waals surface area (Å²) in [7, 11) is 0. The first kappa shape index (κ1) is 8.02. The second kappa shape index (κ2) is 4.69. The molecule has 0 bridgehead atoms. The van der Waals surface area contributed by atoms with Crippen LogP contribution in [0, 0.1) is 0 Å². The summed E-state index contributed by atoms with van der Waals surface area (Å²) >= 11 is 0. The predicted octanol–water partition coefficient (Wildman–Crippen LogP) is 1.94. The third kappa shape index (κ3) is 2.67. The Morgan fingerprint density at radius 1 is 1.60 bits per heavy atom. The molecule has 1 aliphatic rings. The fraction of sp³-hybridized carbons (Fsp3) is 1.00. The van der Waals surface area contributed by atoms with Crippen LogP contribution in [-0.2, 0) is 9.47 Å². The van der Waals surface area contributed by atoms with E-state index >= 15 is 0 Å². The Kier molecular flexibility index (Phi) is 3.76. The number of hydrogen-bond acceptors (Lipinski definition) is 2. The Bertz CT molecular complexity index is 77.3. The lowest BCUT2D eigenvalue weighted by Crippen LogP contribution is -2.10. The normalized spacial score (nSPS) is 25.5. The van der Waals surface area contributed by atoms with Crippen LogP contribution < -0.4 is 0 Å². The van der Waals surface area contributed by atoms with Gasteiger partial charge in [-0.05, 0) is 12.8 Å². The lowest BCUT2D eigenvalue weighted by atomic mass is 10.3. The minimum absolute atomic E-state index is 0.117. The van der Waals surface area contributed by atoms with Gasteiger partial charge in [-0.2, -0.15) is 0 Å². The fourth-order valence-electron chi connectivity index (χ4n) is 1.04. The summed E-state index contributed by atoms with van der Waals surface area (Å²) < 4.78 is 10.7. The Balaban J connectivity index is 1.91.